The highest BCUT2D eigenvalue weighted by Crippen LogP contribution is 2.50. The molecule has 6 rings (SSSR count). The first-order chi connectivity index (χ1) is 20.4. The van der Waals surface area contributed by atoms with Crippen molar-refractivity contribution in [1.29, 1.82) is 0 Å². The summed E-state index contributed by atoms with van der Waals surface area (Å²) in [5, 5.41) is 6.85. The van der Waals surface area contributed by atoms with E-state index in [0.717, 1.165) is 65.3 Å². The summed E-state index contributed by atoms with van der Waals surface area (Å²) in [6.45, 7) is 8.00. The molecular weight excluding hydrogens is 528 g/mol. The minimum atomic E-state index is -0.746. The highest BCUT2D eigenvalue weighted by atomic mass is 16.7. The number of carbonyl (C=O) groups is 2. The van der Waals surface area contributed by atoms with Crippen LogP contribution >= 0.6 is 0 Å². The van der Waals surface area contributed by atoms with Crippen molar-refractivity contribution in [2.45, 2.75) is 27.7 Å². The summed E-state index contributed by atoms with van der Waals surface area (Å²) in [5.74, 6) is 0.907. The molecule has 0 spiro atoms. The molecule has 6 heteroatoms. The van der Waals surface area contributed by atoms with Gasteiger partial charge in [-0.2, -0.15) is 0 Å². The van der Waals surface area contributed by atoms with Gasteiger partial charge in [0.1, 0.15) is 11.5 Å². The molecule has 0 aliphatic heterocycles. The fraction of sp³-hybridized carbons (Fsp3) is 0.167. The summed E-state index contributed by atoms with van der Waals surface area (Å²) < 4.78 is 22.0. The number of hydrogen-bond donors (Lipinski definition) is 0. The topological polar surface area (TPSA) is 71.1 Å². The Balaban J connectivity index is 1.80. The third-order valence-corrected chi connectivity index (χ3v) is 7.41. The van der Waals surface area contributed by atoms with Gasteiger partial charge in [-0.15, -0.1) is 0 Å². The number of hydrogen-bond acceptors (Lipinski definition) is 6. The molecule has 0 bridgehead atoms. The van der Waals surface area contributed by atoms with Gasteiger partial charge in [-0.1, -0.05) is 96.1 Å². The van der Waals surface area contributed by atoms with Gasteiger partial charge in [0.2, 0.25) is 0 Å². The van der Waals surface area contributed by atoms with Crippen molar-refractivity contribution in [3.63, 3.8) is 0 Å². The molecule has 0 heterocycles. The normalized spacial score (nSPS) is 11.2. The van der Waals surface area contributed by atoms with Crippen molar-refractivity contribution in [2.24, 2.45) is 0 Å². The summed E-state index contributed by atoms with van der Waals surface area (Å²) in [4.78, 5) is 25.2. The van der Waals surface area contributed by atoms with Gasteiger partial charge in [0.05, 0.1) is 13.2 Å². The van der Waals surface area contributed by atoms with Crippen LogP contribution in [0.1, 0.15) is 25.0 Å². The van der Waals surface area contributed by atoms with Crippen LogP contribution in [0.25, 0.3) is 54.2 Å². The maximum absolute atomic E-state index is 12.6. The predicted octanol–water partition coefficient (Wildman–Crippen LogP) is 9.65. The van der Waals surface area contributed by atoms with E-state index in [2.05, 4.69) is 12.1 Å². The Morgan fingerprint density at radius 1 is 0.500 bits per heavy atom. The van der Waals surface area contributed by atoms with Crippen LogP contribution in [0.4, 0.5) is 9.59 Å². The van der Waals surface area contributed by atoms with Gasteiger partial charge in [0.25, 0.3) is 0 Å². The van der Waals surface area contributed by atoms with Crippen molar-refractivity contribution in [2.75, 3.05) is 13.2 Å². The molecule has 0 amide bonds. The molecule has 6 aromatic rings. The average Bonchev–Trinajstić information content (AvgIpc) is 2.98. The molecule has 0 radical (unpaired) electrons. The summed E-state index contributed by atoms with van der Waals surface area (Å²) in [6, 6.07) is 28.1. The van der Waals surface area contributed by atoms with Crippen LogP contribution in [-0.2, 0) is 9.47 Å². The second-order valence-electron chi connectivity index (χ2n) is 10.2. The van der Waals surface area contributed by atoms with Crippen molar-refractivity contribution in [3.05, 3.63) is 96.1 Å². The maximum Gasteiger partial charge on any atom is 0.513 e. The lowest BCUT2D eigenvalue weighted by Crippen LogP contribution is -2.11. The largest absolute Gasteiger partial charge is 0.513 e. The second kappa shape index (κ2) is 11.1. The first-order valence-electron chi connectivity index (χ1n) is 14.0. The van der Waals surface area contributed by atoms with Crippen LogP contribution in [0.2, 0.25) is 0 Å². The van der Waals surface area contributed by atoms with Gasteiger partial charge in [-0.25, -0.2) is 9.59 Å². The van der Waals surface area contributed by atoms with Gasteiger partial charge >= 0.3 is 12.3 Å². The Bertz CT molecular complexity index is 1880. The fourth-order valence-electron chi connectivity index (χ4n) is 5.72. The van der Waals surface area contributed by atoms with E-state index in [1.54, 1.807) is 13.8 Å². The zero-order chi connectivity index (χ0) is 29.4. The molecule has 6 aromatic carbocycles. The summed E-state index contributed by atoms with van der Waals surface area (Å²) in [6.07, 6.45) is -1.49. The van der Waals surface area contributed by atoms with Crippen molar-refractivity contribution < 1.29 is 28.5 Å². The molecular formula is C36H30O6. The predicted molar refractivity (Wildman–Crippen MR) is 167 cm³/mol. The standard InChI is InChI=1S/C36H30O6/c1-5-39-35(37)41-33-25-13-9-7-11-23(25)31(29-19-21(3)15-17-27(29)33)32-24-12-8-10-14-26(24)34(42-36(38)40-6-2)28-18-16-22(4)20-30(28)32/h7-20H,5-6H2,1-4H3. The zero-order valence-electron chi connectivity index (χ0n) is 23.9. The molecule has 6 nitrogen and oxygen atoms in total. The van der Waals surface area contributed by atoms with Crippen LogP contribution in [0.5, 0.6) is 11.5 Å². The Kier molecular flexibility index (Phi) is 7.13. The van der Waals surface area contributed by atoms with Crippen LogP contribution < -0.4 is 9.47 Å². The van der Waals surface area contributed by atoms with Crippen molar-refractivity contribution in [3.8, 4) is 22.6 Å². The van der Waals surface area contributed by atoms with E-state index in [1.165, 1.54) is 0 Å². The van der Waals surface area contributed by atoms with E-state index in [9.17, 15) is 9.59 Å². The lowest BCUT2D eigenvalue weighted by atomic mass is 9.84. The molecule has 0 saturated carbocycles. The minimum Gasteiger partial charge on any atom is -0.434 e. The molecule has 0 fully saturated rings. The number of ether oxygens (including phenoxy) is 4. The minimum absolute atomic E-state index is 0.212. The third kappa shape index (κ3) is 4.65. The summed E-state index contributed by atoms with van der Waals surface area (Å²) in [7, 11) is 0. The number of carbonyl (C=O) groups excluding carboxylic acids is 2. The lowest BCUT2D eigenvalue weighted by molar-refractivity contribution is 0.104. The Labute approximate surface area is 243 Å². The Hall–Kier alpha value is -5.10. The number of benzene rings is 6. The first kappa shape index (κ1) is 27.1. The third-order valence-electron chi connectivity index (χ3n) is 7.41. The number of rotatable bonds is 5. The average molecular weight is 559 g/mol. The van der Waals surface area contributed by atoms with Crippen LogP contribution in [0, 0.1) is 13.8 Å². The highest BCUT2D eigenvalue weighted by molar-refractivity contribution is 6.27. The van der Waals surface area contributed by atoms with E-state index in [1.807, 2.05) is 86.6 Å². The molecule has 0 unspecified atom stereocenters. The molecule has 0 aromatic heterocycles. The van der Waals surface area contributed by atoms with E-state index in [4.69, 9.17) is 18.9 Å². The fourth-order valence-corrected chi connectivity index (χ4v) is 5.72. The van der Waals surface area contributed by atoms with Crippen LogP contribution in [-0.4, -0.2) is 25.5 Å². The monoisotopic (exact) mass is 558 g/mol. The number of aryl methyl sites for hydroxylation is 2. The molecule has 0 N–H and O–H groups in total. The summed E-state index contributed by atoms with van der Waals surface area (Å²) in [5.41, 5.74) is 4.12. The second-order valence-corrected chi connectivity index (χ2v) is 10.2. The van der Waals surface area contributed by atoms with Gasteiger partial charge < -0.3 is 18.9 Å². The van der Waals surface area contributed by atoms with Crippen molar-refractivity contribution >= 4 is 55.4 Å². The van der Waals surface area contributed by atoms with E-state index < -0.39 is 12.3 Å². The van der Waals surface area contributed by atoms with Gasteiger partial charge in [0, 0.05) is 21.5 Å². The van der Waals surface area contributed by atoms with Gasteiger partial charge in [0.15, 0.2) is 0 Å². The quantitative estimate of drug-likeness (QED) is 0.119. The molecule has 0 saturated heterocycles. The van der Waals surface area contributed by atoms with E-state index in [0.29, 0.717) is 11.5 Å². The molecule has 0 aliphatic carbocycles. The maximum atomic E-state index is 12.6. The van der Waals surface area contributed by atoms with Gasteiger partial charge in [-0.05, 0) is 60.4 Å². The van der Waals surface area contributed by atoms with E-state index in [-0.39, 0.29) is 13.2 Å². The summed E-state index contributed by atoms with van der Waals surface area (Å²) >= 11 is 0. The SMILES string of the molecule is CCOC(=O)Oc1c2ccccc2c(-c2c3ccccc3c(OC(=O)OCC)c3ccc(C)cc23)c2cc(C)ccc12. The Morgan fingerprint density at radius 3 is 1.24 bits per heavy atom. The highest BCUT2D eigenvalue weighted by Gasteiger charge is 2.24. The molecule has 210 valence electrons. The van der Waals surface area contributed by atoms with Crippen molar-refractivity contribution in [1.82, 2.24) is 0 Å². The number of fused-ring (bicyclic) bond motifs is 4. The molecule has 42 heavy (non-hydrogen) atoms. The van der Waals surface area contributed by atoms with Crippen LogP contribution in [0.15, 0.2) is 84.9 Å². The van der Waals surface area contributed by atoms with Crippen LogP contribution in [0.3, 0.4) is 0 Å². The zero-order valence-corrected chi connectivity index (χ0v) is 23.9. The smallest absolute Gasteiger partial charge is 0.434 e. The van der Waals surface area contributed by atoms with E-state index >= 15 is 0 Å². The van der Waals surface area contributed by atoms with Gasteiger partial charge in [-0.3, -0.25) is 0 Å². The first-order valence-corrected chi connectivity index (χ1v) is 14.0. The molecule has 0 atom stereocenters. The lowest BCUT2D eigenvalue weighted by Gasteiger charge is -2.21. The Morgan fingerprint density at radius 2 is 0.857 bits per heavy atom. The molecule has 0 aliphatic rings.